The Balaban J connectivity index is 1.70. The lowest BCUT2D eigenvalue weighted by Crippen LogP contribution is -2.58. The predicted octanol–water partition coefficient (Wildman–Crippen LogP) is 6.68. The lowest BCUT2D eigenvalue weighted by molar-refractivity contribution is -0.139. The van der Waals surface area contributed by atoms with Gasteiger partial charge in [-0.1, -0.05) is 59.7 Å². The van der Waals surface area contributed by atoms with Crippen LogP contribution >= 0.6 is 15.9 Å². The van der Waals surface area contributed by atoms with Crippen molar-refractivity contribution in [3.05, 3.63) is 63.4 Å². The largest absolute Gasteiger partial charge is 0.482 e. The summed E-state index contributed by atoms with van der Waals surface area (Å²) in [5, 5.41) is 0. The summed E-state index contributed by atoms with van der Waals surface area (Å²) in [5.41, 5.74) is 3.28. The molecule has 0 bridgehead atoms. The minimum atomic E-state index is -0.222. The maximum absolute atomic E-state index is 13.3. The summed E-state index contributed by atoms with van der Waals surface area (Å²) < 4.78 is 20.3. The van der Waals surface area contributed by atoms with Crippen molar-refractivity contribution in [2.75, 3.05) is 19.7 Å². The fraction of sp³-hybridized carbons (Fsp3) is 0.552. The fourth-order valence-corrected chi connectivity index (χ4v) is 5.11. The van der Waals surface area contributed by atoms with Gasteiger partial charge >= 0.3 is 0 Å². The zero-order valence-corrected chi connectivity index (χ0v) is 24.0. The van der Waals surface area contributed by atoms with E-state index in [0.29, 0.717) is 6.54 Å². The molecule has 1 aliphatic rings. The molecule has 0 aliphatic carbocycles. The summed E-state index contributed by atoms with van der Waals surface area (Å²) in [6, 6.07) is 11.2. The number of halogens is 2. The van der Waals surface area contributed by atoms with Crippen molar-refractivity contribution in [3.63, 3.8) is 0 Å². The zero-order chi connectivity index (χ0) is 26.1. The lowest BCUT2D eigenvalue weighted by atomic mass is 9.80. The predicted molar refractivity (Wildman–Crippen MR) is 144 cm³/mol. The Morgan fingerprint density at radius 2 is 1.63 bits per heavy atom. The summed E-state index contributed by atoms with van der Waals surface area (Å²) >= 11 is 3.71. The van der Waals surface area contributed by atoms with E-state index in [1.54, 1.807) is 0 Å². The van der Waals surface area contributed by atoms with Crippen LogP contribution in [0.2, 0.25) is 0 Å². The number of piperazine rings is 1. The first kappa shape index (κ1) is 27.7. The third-order valence-electron chi connectivity index (χ3n) is 6.79. The van der Waals surface area contributed by atoms with E-state index in [2.05, 4.69) is 88.4 Å². The molecule has 1 heterocycles. The monoisotopic (exact) mass is 546 g/mol. The molecule has 192 valence electrons. The first-order chi connectivity index (χ1) is 16.2. The topological polar surface area (TPSA) is 32.8 Å². The number of benzene rings is 2. The number of carbonyl (C=O) groups is 1. The van der Waals surface area contributed by atoms with Crippen molar-refractivity contribution in [3.8, 4) is 5.75 Å². The summed E-state index contributed by atoms with van der Waals surface area (Å²) in [7, 11) is 0. The van der Waals surface area contributed by atoms with Crippen LogP contribution in [0, 0.1) is 5.82 Å². The second-order valence-electron chi connectivity index (χ2n) is 11.9. The maximum Gasteiger partial charge on any atom is 0.260 e. The van der Waals surface area contributed by atoms with Crippen LogP contribution in [0.1, 0.15) is 72.1 Å². The molecule has 0 aromatic heterocycles. The van der Waals surface area contributed by atoms with Gasteiger partial charge in [-0.3, -0.25) is 9.69 Å². The maximum atomic E-state index is 13.3. The Morgan fingerprint density at radius 3 is 2.20 bits per heavy atom. The van der Waals surface area contributed by atoms with E-state index < -0.39 is 0 Å². The Labute approximate surface area is 219 Å². The SMILES string of the molecule is C[C@@H]1CN(C(=O)COc2c(Br)cc(C(C)(C)C)cc2C(C)(C)C)[C@@H](C)CN1Cc1ccc(F)cc1. The molecule has 2 aromatic rings. The zero-order valence-electron chi connectivity index (χ0n) is 22.4. The van der Waals surface area contributed by atoms with Crippen LogP contribution in [-0.4, -0.2) is 47.5 Å². The van der Waals surface area contributed by atoms with E-state index in [9.17, 15) is 9.18 Å². The second-order valence-corrected chi connectivity index (χ2v) is 12.8. The van der Waals surface area contributed by atoms with Gasteiger partial charge in [0.25, 0.3) is 5.91 Å². The normalized spacial score (nSPS) is 19.7. The molecule has 0 N–H and O–H groups in total. The molecule has 4 nitrogen and oxygen atoms in total. The molecule has 2 atom stereocenters. The van der Waals surface area contributed by atoms with Gasteiger partial charge in [0.2, 0.25) is 0 Å². The number of amides is 1. The number of hydrogen-bond donors (Lipinski definition) is 0. The van der Waals surface area contributed by atoms with Gasteiger partial charge in [-0.2, -0.15) is 0 Å². The minimum Gasteiger partial charge on any atom is -0.482 e. The van der Waals surface area contributed by atoms with Crippen molar-refractivity contribution >= 4 is 21.8 Å². The third-order valence-corrected chi connectivity index (χ3v) is 7.38. The van der Waals surface area contributed by atoms with Crippen molar-refractivity contribution in [2.24, 2.45) is 0 Å². The summed E-state index contributed by atoms with van der Waals surface area (Å²) in [6.07, 6.45) is 0. The summed E-state index contributed by atoms with van der Waals surface area (Å²) in [5.74, 6) is 0.520. The number of ether oxygens (including phenoxy) is 1. The number of nitrogens with zero attached hydrogens (tertiary/aromatic N) is 2. The first-order valence-electron chi connectivity index (χ1n) is 12.4. The van der Waals surface area contributed by atoms with Gasteiger partial charge in [0.1, 0.15) is 11.6 Å². The highest BCUT2D eigenvalue weighted by Gasteiger charge is 2.33. The molecule has 1 amide bonds. The lowest BCUT2D eigenvalue weighted by Gasteiger charge is -2.44. The smallest absolute Gasteiger partial charge is 0.260 e. The average Bonchev–Trinajstić information content (AvgIpc) is 2.74. The molecule has 1 fully saturated rings. The van der Waals surface area contributed by atoms with E-state index in [1.165, 1.54) is 17.7 Å². The van der Waals surface area contributed by atoms with Crippen LogP contribution in [0.5, 0.6) is 5.75 Å². The van der Waals surface area contributed by atoms with Crippen LogP contribution in [-0.2, 0) is 22.2 Å². The van der Waals surface area contributed by atoms with E-state index in [0.717, 1.165) is 34.4 Å². The molecular weight excluding hydrogens is 507 g/mol. The van der Waals surface area contributed by atoms with Crippen LogP contribution in [0.3, 0.4) is 0 Å². The Kier molecular flexibility index (Phi) is 8.37. The highest BCUT2D eigenvalue weighted by Crippen LogP contribution is 2.41. The van der Waals surface area contributed by atoms with Gasteiger partial charge < -0.3 is 9.64 Å². The third kappa shape index (κ3) is 6.85. The van der Waals surface area contributed by atoms with Crippen molar-refractivity contribution < 1.29 is 13.9 Å². The second kappa shape index (κ2) is 10.6. The van der Waals surface area contributed by atoms with E-state index in [1.807, 2.05) is 17.0 Å². The van der Waals surface area contributed by atoms with Crippen LogP contribution in [0.4, 0.5) is 4.39 Å². The quantitative estimate of drug-likeness (QED) is 0.419. The van der Waals surface area contributed by atoms with Gasteiger partial charge in [-0.05, 0) is 69.9 Å². The van der Waals surface area contributed by atoms with Gasteiger partial charge in [0.05, 0.1) is 4.47 Å². The average molecular weight is 548 g/mol. The van der Waals surface area contributed by atoms with Crippen LogP contribution in [0.15, 0.2) is 40.9 Å². The number of hydrogen-bond acceptors (Lipinski definition) is 3. The van der Waals surface area contributed by atoms with Gasteiger partial charge in [0.15, 0.2) is 6.61 Å². The highest BCUT2D eigenvalue weighted by molar-refractivity contribution is 9.10. The van der Waals surface area contributed by atoms with E-state index in [-0.39, 0.29) is 41.2 Å². The molecule has 35 heavy (non-hydrogen) atoms. The molecular formula is C29H40BrFN2O2. The molecule has 0 saturated carbocycles. The number of rotatable bonds is 5. The molecule has 0 spiro atoms. The van der Waals surface area contributed by atoms with Crippen LogP contribution < -0.4 is 4.74 Å². The molecule has 1 saturated heterocycles. The number of carbonyl (C=O) groups excluding carboxylic acids is 1. The van der Waals surface area contributed by atoms with Crippen LogP contribution in [0.25, 0.3) is 0 Å². The summed E-state index contributed by atoms with van der Waals surface area (Å²) in [4.78, 5) is 17.5. The first-order valence-corrected chi connectivity index (χ1v) is 13.2. The standard InChI is InChI=1S/C29H40BrFN2O2/c1-19-16-33(20(2)15-32(19)17-21-9-11-23(31)12-10-21)26(34)18-35-27-24(29(6,7)8)13-22(14-25(27)30)28(3,4)5/h9-14,19-20H,15-18H2,1-8H3/t19-,20+/m1/s1. The Morgan fingerprint density at radius 1 is 1.00 bits per heavy atom. The molecule has 6 heteroatoms. The molecule has 0 unspecified atom stereocenters. The van der Waals surface area contributed by atoms with Crippen molar-refractivity contribution in [2.45, 2.75) is 84.8 Å². The summed E-state index contributed by atoms with van der Waals surface area (Å²) in [6.45, 7) is 19.5. The Bertz CT molecular complexity index is 1040. The van der Waals surface area contributed by atoms with Crippen molar-refractivity contribution in [1.82, 2.24) is 9.80 Å². The molecule has 1 aliphatic heterocycles. The van der Waals surface area contributed by atoms with Gasteiger partial charge in [0, 0.05) is 37.3 Å². The van der Waals surface area contributed by atoms with Gasteiger partial charge in [-0.15, -0.1) is 0 Å². The van der Waals surface area contributed by atoms with Crippen molar-refractivity contribution in [1.29, 1.82) is 0 Å². The van der Waals surface area contributed by atoms with E-state index >= 15 is 0 Å². The van der Waals surface area contributed by atoms with Gasteiger partial charge in [-0.25, -0.2) is 4.39 Å². The molecule has 3 rings (SSSR count). The minimum absolute atomic E-state index is 0.00237. The molecule has 2 aromatic carbocycles. The highest BCUT2D eigenvalue weighted by atomic mass is 79.9. The Hall–Kier alpha value is -1.92. The molecule has 0 radical (unpaired) electrons. The van der Waals surface area contributed by atoms with E-state index in [4.69, 9.17) is 4.74 Å². The fourth-order valence-electron chi connectivity index (χ4n) is 4.54.